The molecule has 0 fully saturated rings. The molecule has 9 heteroatoms. The van der Waals surface area contributed by atoms with Crippen LogP contribution >= 0.6 is 59.0 Å². The maximum atomic E-state index is 13.1. The van der Waals surface area contributed by atoms with Crippen LogP contribution in [-0.2, 0) is 4.79 Å². The second-order valence-electron chi connectivity index (χ2n) is 6.55. The second-order valence-corrected chi connectivity index (χ2v) is 9.02. The minimum Gasteiger partial charge on any atom is -0.382 e. The van der Waals surface area contributed by atoms with E-state index in [9.17, 15) is 9.90 Å². The van der Waals surface area contributed by atoms with Crippen molar-refractivity contribution < 1.29 is 9.90 Å². The lowest BCUT2D eigenvalue weighted by atomic mass is 10.1. The number of rotatable bonds is 4. The summed E-state index contributed by atoms with van der Waals surface area (Å²) in [4.78, 5) is 17.6. The highest BCUT2D eigenvalue weighted by Crippen LogP contribution is 2.48. The van der Waals surface area contributed by atoms with Gasteiger partial charge in [0.05, 0.1) is 10.9 Å². The van der Waals surface area contributed by atoms with E-state index in [4.69, 9.17) is 34.8 Å². The van der Waals surface area contributed by atoms with E-state index in [1.165, 1.54) is 11.8 Å². The Morgan fingerprint density at radius 3 is 2.39 bits per heavy atom. The van der Waals surface area contributed by atoms with Gasteiger partial charge in [0.2, 0.25) is 0 Å². The van der Waals surface area contributed by atoms with E-state index in [1.807, 2.05) is 25.1 Å². The molecule has 0 radical (unpaired) electrons. The van der Waals surface area contributed by atoms with Gasteiger partial charge in [0.25, 0.3) is 5.91 Å². The van der Waals surface area contributed by atoms with E-state index in [2.05, 4.69) is 0 Å². The van der Waals surface area contributed by atoms with Gasteiger partial charge >= 0.3 is 0 Å². The van der Waals surface area contributed by atoms with Crippen LogP contribution in [0.25, 0.3) is 0 Å². The van der Waals surface area contributed by atoms with Crippen LogP contribution < -0.4 is 4.90 Å². The smallest absolute Gasteiger partial charge is 0.257 e. The monoisotopic (exact) mass is 480 g/mol. The van der Waals surface area contributed by atoms with Crippen molar-refractivity contribution in [3.63, 3.8) is 0 Å². The number of thioether (sulfide) groups is 1. The SMILES string of the molecule is CN(C)CCN1C(=O)C(O)C(c2ccc(Cl)cc2Cl)Sc2ccc(Cl)cc21.Cl. The molecule has 28 heavy (non-hydrogen) atoms. The number of anilines is 1. The molecule has 1 aliphatic rings. The third-order valence-electron chi connectivity index (χ3n) is 4.31. The molecule has 0 saturated heterocycles. The minimum atomic E-state index is -1.25. The molecule has 4 nitrogen and oxygen atoms in total. The van der Waals surface area contributed by atoms with Crippen molar-refractivity contribution in [1.82, 2.24) is 4.90 Å². The number of aliphatic hydroxyl groups excluding tert-OH is 1. The summed E-state index contributed by atoms with van der Waals surface area (Å²) in [6.45, 7) is 1.10. The Labute approximate surface area is 190 Å². The maximum Gasteiger partial charge on any atom is 0.257 e. The molecule has 0 aromatic heterocycles. The van der Waals surface area contributed by atoms with Crippen molar-refractivity contribution in [1.29, 1.82) is 0 Å². The number of benzene rings is 2. The summed E-state index contributed by atoms with van der Waals surface area (Å²) in [5.41, 5.74) is 1.37. The van der Waals surface area contributed by atoms with Crippen LogP contribution in [0.2, 0.25) is 15.1 Å². The first-order valence-corrected chi connectivity index (χ1v) is 10.3. The molecule has 0 bridgehead atoms. The van der Waals surface area contributed by atoms with Crippen LogP contribution in [0.4, 0.5) is 5.69 Å². The molecule has 1 heterocycles. The summed E-state index contributed by atoms with van der Waals surface area (Å²) in [6, 6.07) is 10.5. The fraction of sp³-hybridized carbons (Fsp3) is 0.316. The largest absolute Gasteiger partial charge is 0.382 e. The Kier molecular flexibility index (Phi) is 8.35. The number of hydrogen-bond acceptors (Lipinski definition) is 4. The Morgan fingerprint density at radius 1 is 1.11 bits per heavy atom. The molecule has 1 amide bonds. The first kappa shape index (κ1) is 23.6. The number of nitrogens with zero attached hydrogens (tertiary/aromatic N) is 2. The van der Waals surface area contributed by atoms with Gasteiger partial charge in [0.15, 0.2) is 0 Å². The molecule has 152 valence electrons. The van der Waals surface area contributed by atoms with Gasteiger partial charge in [-0.3, -0.25) is 4.79 Å². The van der Waals surface area contributed by atoms with Gasteiger partial charge in [-0.15, -0.1) is 24.2 Å². The van der Waals surface area contributed by atoms with Gasteiger partial charge in [-0.1, -0.05) is 40.9 Å². The second kappa shape index (κ2) is 9.90. The van der Waals surface area contributed by atoms with Crippen LogP contribution in [0, 0.1) is 0 Å². The lowest BCUT2D eigenvalue weighted by Crippen LogP contribution is -2.43. The van der Waals surface area contributed by atoms with Crippen molar-refractivity contribution >= 4 is 70.6 Å². The number of likely N-dealkylation sites (N-methyl/N-ethyl adjacent to an activating group) is 1. The van der Waals surface area contributed by atoms with E-state index >= 15 is 0 Å². The Hall–Kier alpha value is -0.660. The van der Waals surface area contributed by atoms with Gasteiger partial charge in [0, 0.05) is 33.1 Å². The molecule has 0 spiro atoms. The van der Waals surface area contributed by atoms with Gasteiger partial charge in [0.1, 0.15) is 6.10 Å². The van der Waals surface area contributed by atoms with Crippen molar-refractivity contribution in [3.05, 3.63) is 57.0 Å². The zero-order chi connectivity index (χ0) is 19.7. The first-order valence-electron chi connectivity index (χ1n) is 8.33. The highest BCUT2D eigenvalue weighted by atomic mass is 35.5. The average molecular weight is 482 g/mol. The standard InChI is InChI=1S/C19H19Cl3N2O2S.ClH/c1-23(2)7-8-24-15-10-12(21)4-6-16(15)27-18(17(25)19(24)26)13-5-3-11(20)9-14(13)22;/h3-6,9-10,17-18,25H,7-8H2,1-2H3;1H. The Bertz CT molecular complexity index is 866. The van der Waals surface area contributed by atoms with E-state index in [0.717, 1.165) is 4.90 Å². The minimum absolute atomic E-state index is 0. The fourth-order valence-electron chi connectivity index (χ4n) is 2.91. The average Bonchev–Trinajstić information content (AvgIpc) is 2.69. The molecule has 0 saturated carbocycles. The molecular weight excluding hydrogens is 462 g/mol. The summed E-state index contributed by atoms with van der Waals surface area (Å²) < 4.78 is 0. The summed E-state index contributed by atoms with van der Waals surface area (Å²) in [6.07, 6.45) is -1.25. The maximum absolute atomic E-state index is 13.1. The van der Waals surface area contributed by atoms with Crippen molar-refractivity contribution in [2.45, 2.75) is 16.2 Å². The van der Waals surface area contributed by atoms with Crippen molar-refractivity contribution in [3.8, 4) is 0 Å². The van der Waals surface area contributed by atoms with E-state index in [-0.39, 0.29) is 18.3 Å². The highest BCUT2D eigenvalue weighted by Gasteiger charge is 2.38. The predicted molar refractivity (Wildman–Crippen MR) is 121 cm³/mol. The zero-order valence-corrected chi connectivity index (χ0v) is 19.1. The van der Waals surface area contributed by atoms with Crippen LogP contribution in [0.1, 0.15) is 10.8 Å². The van der Waals surface area contributed by atoms with Gasteiger partial charge in [-0.2, -0.15) is 0 Å². The molecule has 1 aliphatic heterocycles. The quantitative estimate of drug-likeness (QED) is 0.654. The lowest BCUT2D eigenvalue weighted by molar-refractivity contribution is -0.126. The third kappa shape index (κ3) is 5.08. The number of hydrogen-bond donors (Lipinski definition) is 1. The summed E-state index contributed by atoms with van der Waals surface area (Å²) in [5.74, 6) is -0.374. The molecule has 2 unspecified atom stereocenters. The summed E-state index contributed by atoms with van der Waals surface area (Å²) in [7, 11) is 3.87. The van der Waals surface area contributed by atoms with E-state index < -0.39 is 11.4 Å². The van der Waals surface area contributed by atoms with Gasteiger partial charge in [-0.05, 0) is 50.0 Å². The first-order chi connectivity index (χ1) is 12.8. The van der Waals surface area contributed by atoms with E-state index in [0.29, 0.717) is 39.4 Å². The number of fused-ring (bicyclic) bond motifs is 1. The molecule has 2 atom stereocenters. The fourth-order valence-corrected chi connectivity index (χ4v) is 4.95. The van der Waals surface area contributed by atoms with Crippen LogP contribution in [0.3, 0.4) is 0 Å². The molecule has 0 aliphatic carbocycles. The highest BCUT2D eigenvalue weighted by molar-refractivity contribution is 7.99. The van der Waals surface area contributed by atoms with Crippen molar-refractivity contribution in [2.24, 2.45) is 0 Å². The van der Waals surface area contributed by atoms with Crippen LogP contribution in [-0.4, -0.2) is 49.2 Å². The summed E-state index contributed by atoms with van der Waals surface area (Å²) in [5, 5.41) is 11.8. The number of carbonyl (C=O) groups is 1. The van der Waals surface area contributed by atoms with Gasteiger partial charge in [-0.25, -0.2) is 0 Å². The normalized spacial score (nSPS) is 19.2. The molecule has 2 aromatic carbocycles. The number of amides is 1. The van der Waals surface area contributed by atoms with E-state index in [1.54, 1.807) is 35.2 Å². The summed E-state index contributed by atoms with van der Waals surface area (Å²) >= 11 is 19.9. The molecule has 1 N–H and O–H groups in total. The van der Waals surface area contributed by atoms with Gasteiger partial charge < -0.3 is 14.9 Å². The molecular formula is C19H20Cl4N2O2S. The number of halogens is 4. The number of aliphatic hydroxyl groups is 1. The van der Waals surface area contributed by atoms with Crippen molar-refractivity contribution in [2.75, 3.05) is 32.1 Å². The Morgan fingerprint density at radius 2 is 1.75 bits per heavy atom. The molecule has 2 aromatic rings. The topological polar surface area (TPSA) is 43.8 Å². The van der Waals surface area contributed by atoms with Crippen LogP contribution in [0.15, 0.2) is 41.3 Å². The van der Waals surface area contributed by atoms with Crippen LogP contribution in [0.5, 0.6) is 0 Å². The predicted octanol–water partition coefficient (Wildman–Crippen LogP) is 5.17. The zero-order valence-electron chi connectivity index (χ0n) is 15.2. The Balaban J connectivity index is 0.00000280. The lowest BCUT2D eigenvalue weighted by Gasteiger charge is -2.26. The molecule has 3 rings (SSSR count). The third-order valence-corrected chi connectivity index (χ3v) is 6.47. The number of carbonyl (C=O) groups excluding carboxylic acids is 1.